The van der Waals surface area contributed by atoms with Gasteiger partial charge in [0.1, 0.15) is 5.76 Å². The first-order valence-corrected chi connectivity index (χ1v) is 11.3. The second kappa shape index (κ2) is 13.4. The van der Waals surface area contributed by atoms with Gasteiger partial charge in [0, 0.05) is 44.7 Å². The maximum Gasteiger partial charge on any atom is 0.191 e. The number of rotatable bonds is 9. The lowest BCUT2D eigenvalue weighted by molar-refractivity contribution is 0.221. The molecule has 2 fully saturated rings. The average Bonchev–Trinajstić information content (AvgIpc) is 3.38. The lowest BCUT2D eigenvalue weighted by Crippen LogP contribution is -2.49. The van der Waals surface area contributed by atoms with Crippen molar-refractivity contribution in [1.82, 2.24) is 20.4 Å². The van der Waals surface area contributed by atoms with Crippen molar-refractivity contribution in [2.24, 2.45) is 4.99 Å². The highest BCUT2D eigenvalue weighted by Crippen LogP contribution is 2.17. The zero-order valence-corrected chi connectivity index (χ0v) is 21.1. The van der Waals surface area contributed by atoms with Crippen LogP contribution in [0.3, 0.4) is 0 Å². The third kappa shape index (κ3) is 8.23. The van der Waals surface area contributed by atoms with Crippen LogP contribution in [0.1, 0.15) is 45.3 Å². The van der Waals surface area contributed by atoms with Crippen LogP contribution >= 0.6 is 24.0 Å². The summed E-state index contributed by atoms with van der Waals surface area (Å²) in [6.07, 6.45) is 7.46. The van der Waals surface area contributed by atoms with E-state index >= 15 is 0 Å². The van der Waals surface area contributed by atoms with Crippen molar-refractivity contribution in [3.63, 3.8) is 0 Å². The molecule has 0 saturated carbocycles. The quantitative estimate of drug-likeness (QED) is 0.222. The van der Waals surface area contributed by atoms with Crippen LogP contribution in [-0.4, -0.2) is 73.7 Å². The zero-order valence-electron chi connectivity index (χ0n) is 18.7. The minimum Gasteiger partial charge on any atom is -0.469 e. The number of nitrogens with one attached hydrogen (secondary N) is 2. The van der Waals surface area contributed by atoms with Gasteiger partial charge in [-0.1, -0.05) is 19.1 Å². The fraction of sp³-hybridized carbons (Fsp3) is 0.696. The molecule has 3 heterocycles. The Hall–Kier alpha value is -1.06. The second-order valence-electron chi connectivity index (χ2n) is 8.52. The molecule has 2 aliphatic rings. The van der Waals surface area contributed by atoms with Gasteiger partial charge in [0.25, 0.3) is 0 Å². The van der Waals surface area contributed by atoms with Crippen molar-refractivity contribution in [1.29, 1.82) is 0 Å². The Labute approximate surface area is 199 Å². The Balaban J connectivity index is 0.00000320. The molecule has 0 aromatic carbocycles. The second-order valence-corrected chi connectivity index (χ2v) is 8.52. The third-order valence-electron chi connectivity index (χ3n) is 6.03. The number of guanidine groups is 1. The minimum atomic E-state index is 0. The van der Waals surface area contributed by atoms with E-state index in [9.17, 15) is 0 Å². The largest absolute Gasteiger partial charge is 0.469 e. The summed E-state index contributed by atoms with van der Waals surface area (Å²) in [7, 11) is 0. The van der Waals surface area contributed by atoms with Crippen molar-refractivity contribution in [2.45, 2.75) is 58.0 Å². The van der Waals surface area contributed by atoms with E-state index in [1.807, 2.05) is 12.1 Å². The molecule has 2 N–H and O–H groups in total. The average molecular weight is 530 g/mol. The predicted octanol–water partition coefficient (Wildman–Crippen LogP) is 3.50. The normalized spacial score (nSPS) is 21.4. The molecule has 2 saturated heterocycles. The molecule has 1 aromatic rings. The van der Waals surface area contributed by atoms with E-state index < -0.39 is 0 Å². The van der Waals surface area contributed by atoms with Crippen LogP contribution in [0.25, 0.3) is 0 Å². The molecule has 1 unspecified atom stereocenters. The van der Waals surface area contributed by atoms with Gasteiger partial charge in [-0.2, -0.15) is 0 Å². The first-order chi connectivity index (χ1) is 14.1. The Kier molecular flexibility index (Phi) is 11.2. The van der Waals surface area contributed by atoms with E-state index in [1.54, 1.807) is 6.26 Å². The number of aliphatic imine (C=N–C) groups is 1. The molecule has 0 bridgehead atoms. The monoisotopic (exact) mass is 529 g/mol. The smallest absolute Gasteiger partial charge is 0.191 e. The van der Waals surface area contributed by atoms with Crippen LogP contribution in [0.2, 0.25) is 0 Å². The van der Waals surface area contributed by atoms with Crippen LogP contribution in [0.5, 0.6) is 0 Å². The Bertz CT molecular complexity index is 640. The molecule has 6 nitrogen and oxygen atoms in total. The summed E-state index contributed by atoms with van der Waals surface area (Å²) in [5.74, 6) is 1.97. The molecule has 30 heavy (non-hydrogen) atoms. The van der Waals surface area contributed by atoms with Crippen molar-refractivity contribution in [3.8, 4) is 0 Å². The van der Waals surface area contributed by atoms with E-state index in [0.29, 0.717) is 12.1 Å². The van der Waals surface area contributed by atoms with E-state index in [0.717, 1.165) is 70.3 Å². The first kappa shape index (κ1) is 25.2. The summed E-state index contributed by atoms with van der Waals surface area (Å²) in [6, 6.07) is 5.04. The number of piperidine rings is 1. The van der Waals surface area contributed by atoms with Gasteiger partial charge in [-0.3, -0.25) is 14.8 Å². The van der Waals surface area contributed by atoms with Gasteiger partial charge in [0.2, 0.25) is 0 Å². The van der Waals surface area contributed by atoms with Crippen LogP contribution in [-0.2, 0) is 6.42 Å². The van der Waals surface area contributed by atoms with Gasteiger partial charge >= 0.3 is 0 Å². The summed E-state index contributed by atoms with van der Waals surface area (Å²) in [5.41, 5.74) is 1.25. The summed E-state index contributed by atoms with van der Waals surface area (Å²) >= 11 is 0. The molecule has 170 valence electrons. The highest BCUT2D eigenvalue weighted by molar-refractivity contribution is 14.0. The number of nitrogens with zero attached hydrogens (tertiary/aromatic N) is 3. The van der Waals surface area contributed by atoms with E-state index in [4.69, 9.17) is 9.41 Å². The lowest BCUT2D eigenvalue weighted by Gasteiger charge is -2.33. The number of hydrogen-bond acceptors (Lipinski definition) is 4. The maximum atomic E-state index is 5.46. The molecule has 0 amide bonds. The van der Waals surface area contributed by atoms with Crippen molar-refractivity contribution in [3.05, 3.63) is 36.3 Å². The molecule has 1 aromatic heterocycles. The lowest BCUT2D eigenvalue weighted by atomic mass is 10.0. The van der Waals surface area contributed by atoms with Gasteiger partial charge in [-0.15, -0.1) is 24.0 Å². The molecule has 7 heteroatoms. The van der Waals surface area contributed by atoms with Gasteiger partial charge in [-0.05, 0) is 57.8 Å². The third-order valence-corrected chi connectivity index (χ3v) is 6.03. The first-order valence-electron chi connectivity index (χ1n) is 11.3. The van der Waals surface area contributed by atoms with Crippen molar-refractivity contribution in [2.75, 3.05) is 45.8 Å². The van der Waals surface area contributed by atoms with Crippen LogP contribution in [0.4, 0.5) is 0 Å². The maximum absolute atomic E-state index is 5.46. The van der Waals surface area contributed by atoms with E-state index in [2.05, 4.69) is 40.9 Å². The number of hydrogen-bond donors (Lipinski definition) is 2. The standard InChI is InChI=1S/C23H39N5O.HI/c1-4-28-13-5-7-21(28)17-25-23(24-12-9-22-8-6-16-29-22)26-20-10-14-27(15-11-20)18-19(2)3;/h6,8,16,20-21H,2,4-5,7,9-15,17-18H2,1,3H3,(H2,24,25,26);1H. The van der Waals surface area contributed by atoms with Gasteiger partial charge in [0.15, 0.2) is 5.96 Å². The highest BCUT2D eigenvalue weighted by Gasteiger charge is 2.23. The number of likely N-dealkylation sites (N-methyl/N-ethyl adjacent to an activating group) is 1. The van der Waals surface area contributed by atoms with Gasteiger partial charge < -0.3 is 15.1 Å². The molecule has 1 atom stereocenters. The fourth-order valence-corrected chi connectivity index (χ4v) is 4.44. The van der Waals surface area contributed by atoms with Crippen molar-refractivity contribution >= 4 is 29.9 Å². The summed E-state index contributed by atoms with van der Waals surface area (Å²) < 4.78 is 5.46. The van der Waals surface area contributed by atoms with Gasteiger partial charge in [-0.25, -0.2) is 0 Å². The number of halogens is 1. The topological polar surface area (TPSA) is 56.0 Å². The van der Waals surface area contributed by atoms with Crippen LogP contribution in [0.15, 0.2) is 40.0 Å². The summed E-state index contributed by atoms with van der Waals surface area (Å²) in [4.78, 5) is 10.0. The molecular weight excluding hydrogens is 489 g/mol. The predicted molar refractivity (Wildman–Crippen MR) is 136 cm³/mol. The molecule has 0 aliphatic carbocycles. The molecular formula is C23H40IN5O. The van der Waals surface area contributed by atoms with Crippen LogP contribution < -0.4 is 10.6 Å². The SMILES string of the molecule is C=C(C)CN1CCC(NC(=NCC2CCCN2CC)NCCc2ccco2)CC1.I. The zero-order chi connectivity index (χ0) is 20.5. The summed E-state index contributed by atoms with van der Waals surface area (Å²) in [5, 5.41) is 7.25. The fourth-order valence-electron chi connectivity index (χ4n) is 4.44. The number of likely N-dealkylation sites (tertiary alicyclic amines) is 2. The Morgan fingerprint density at radius 1 is 1.27 bits per heavy atom. The Morgan fingerprint density at radius 3 is 2.73 bits per heavy atom. The van der Waals surface area contributed by atoms with Gasteiger partial charge in [0.05, 0.1) is 12.8 Å². The molecule has 3 rings (SSSR count). The summed E-state index contributed by atoms with van der Waals surface area (Å²) in [6.45, 7) is 15.7. The Morgan fingerprint density at radius 2 is 2.07 bits per heavy atom. The van der Waals surface area contributed by atoms with Crippen molar-refractivity contribution < 1.29 is 4.42 Å². The molecule has 0 radical (unpaired) electrons. The van der Waals surface area contributed by atoms with Crippen LogP contribution in [0, 0.1) is 0 Å². The molecule has 2 aliphatic heterocycles. The van der Waals surface area contributed by atoms with E-state index in [1.165, 1.54) is 25.0 Å². The number of furan rings is 1. The van der Waals surface area contributed by atoms with E-state index in [-0.39, 0.29) is 24.0 Å². The highest BCUT2D eigenvalue weighted by atomic mass is 127. The minimum absolute atomic E-state index is 0. The molecule has 0 spiro atoms.